The summed E-state index contributed by atoms with van der Waals surface area (Å²) in [5.41, 5.74) is 14.5. The van der Waals surface area contributed by atoms with Crippen LogP contribution in [0.25, 0.3) is 117 Å². The fourth-order valence-corrected chi connectivity index (χ4v) is 9.86. The molecular weight excluding hydrogens is 729 g/mol. The lowest BCUT2D eigenvalue weighted by molar-refractivity contribution is 1.11. The summed E-state index contributed by atoms with van der Waals surface area (Å²) in [4.78, 5) is 5.41. The van der Waals surface area contributed by atoms with Gasteiger partial charge in [0.25, 0.3) is 0 Å². The van der Waals surface area contributed by atoms with Crippen LogP contribution in [0, 0.1) is 0 Å². The van der Waals surface area contributed by atoms with Gasteiger partial charge in [-0.1, -0.05) is 140 Å². The number of hydrogen-bond acceptors (Lipinski definition) is 1. The van der Waals surface area contributed by atoms with Gasteiger partial charge in [0.15, 0.2) is 0 Å². The van der Waals surface area contributed by atoms with Crippen LogP contribution in [0.3, 0.4) is 0 Å². The van der Waals surface area contributed by atoms with Crippen molar-refractivity contribution in [2.24, 2.45) is 0 Å². The van der Waals surface area contributed by atoms with Crippen LogP contribution in [0.5, 0.6) is 0 Å². The summed E-state index contributed by atoms with van der Waals surface area (Å²) in [6.07, 6.45) is 6.33. The molecule has 0 atom stereocenters. The Balaban J connectivity index is 1.13. The SMILES string of the molecule is C=Cc1c(/C=C\C)c2c3c(ccc2n1-c1ccccc1)c(-c1ccc(-n2c4ccccc4c4ccc5c6ccccc6n(-c6ccccc6)c5c42)cc1)nc1ccccc13. The van der Waals surface area contributed by atoms with Gasteiger partial charge in [0, 0.05) is 71.3 Å². The number of rotatable bonds is 6. The number of allylic oxidation sites excluding steroid dienone is 1. The maximum absolute atomic E-state index is 5.41. The van der Waals surface area contributed by atoms with Gasteiger partial charge in [-0.05, 0) is 73.7 Å². The normalized spacial score (nSPS) is 12.1. The Morgan fingerprint density at radius 2 is 0.950 bits per heavy atom. The van der Waals surface area contributed by atoms with Crippen molar-refractivity contribution in [3.63, 3.8) is 0 Å². The Labute approximate surface area is 346 Å². The maximum atomic E-state index is 5.41. The number of pyridine rings is 1. The molecule has 12 aromatic rings. The molecule has 0 saturated heterocycles. The summed E-state index contributed by atoms with van der Waals surface area (Å²) in [7, 11) is 0. The van der Waals surface area contributed by atoms with E-state index < -0.39 is 0 Å². The summed E-state index contributed by atoms with van der Waals surface area (Å²) < 4.78 is 7.23. The van der Waals surface area contributed by atoms with Crippen molar-refractivity contribution >= 4 is 88.3 Å². The standard InChI is InChI=1S/C56H38N4/c1-3-17-45-48(4-2)58(37-18-7-5-8-19-37)51-35-34-46-52(53(45)51)44-24-11-14-25-47(44)57-54(46)36-28-30-39(31-29-36)60-50-27-16-13-23-41(50)43-33-32-42-40-22-12-15-26-49(40)59(55(42)56(43)60)38-20-9-6-10-21-38/h3-35H,2H2,1H3/b17-3-. The van der Waals surface area contributed by atoms with Gasteiger partial charge in [-0.3, -0.25) is 0 Å². The third-order valence-corrected chi connectivity index (χ3v) is 12.3. The first-order chi connectivity index (χ1) is 29.7. The van der Waals surface area contributed by atoms with Gasteiger partial charge in [0.2, 0.25) is 0 Å². The Morgan fingerprint density at radius 1 is 0.433 bits per heavy atom. The second-order valence-corrected chi connectivity index (χ2v) is 15.5. The molecule has 4 nitrogen and oxygen atoms in total. The van der Waals surface area contributed by atoms with E-state index in [1.165, 1.54) is 54.4 Å². The van der Waals surface area contributed by atoms with Gasteiger partial charge in [0.1, 0.15) is 0 Å². The lowest BCUT2D eigenvalue weighted by Gasteiger charge is -2.14. The summed E-state index contributed by atoms with van der Waals surface area (Å²) in [6, 6.07) is 65.6. The van der Waals surface area contributed by atoms with Crippen LogP contribution in [0.2, 0.25) is 0 Å². The van der Waals surface area contributed by atoms with Crippen molar-refractivity contribution in [1.29, 1.82) is 0 Å². The van der Waals surface area contributed by atoms with Crippen molar-refractivity contribution in [2.75, 3.05) is 0 Å². The van der Waals surface area contributed by atoms with Crippen molar-refractivity contribution in [3.05, 3.63) is 206 Å². The molecule has 0 aliphatic carbocycles. The lowest BCUT2D eigenvalue weighted by atomic mass is 9.95. The number of nitrogens with zero attached hydrogens (tertiary/aromatic N) is 4. The molecule has 4 heterocycles. The molecule has 60 heavy (non-hydrogen) atoms. The number of fused-ring (bicyclic) bond motifs is 12. The largest absolute Gasteiger partial charge is 0.309 e. The number of benzene rings is 8. The average molecular weight is 767 g/mol. The second-order valence-electron chi connectivity index (χ2n) is 15.5. The van der Waals surface area contributed by atoms with Crippen LogP contribution in [-0.4, -0.2) is 18.7 Å². The first-order valence-electron chi connectivity index (χ1n) is 20.6. The molecule has 0 radical (unpaired) electrons. The molecule has 0 spiro atoms. The minimum absolute atomic E-state index is 0.963. The predicted molar refractivity (Wildman–Crippen MR) is 255 cm³/mol. The Kier molecular flexibility index (Phi) is 7.56. The van der Waals surface area contributed by atoms with E-state index in [2.05, 4.69) is 221 Å². The average Bonchev–Trinajstić information content (AvgIpc) is 3.95. The third kappa shape index (κ3) is 4.82. The summed E-state index contributed by atoms with van der Waals surface area (Å²) in [5.74, 6) is 0. The molecule has 4 heteroatoms. The van der Waals surface area contributed by atoms with E-state index >= 15 is 0 Å². The zero-order chi connectivity index (χ0) is 39.9. The van der Waals surface area contributed by atoms with E-state index in [9.17, 15) is 0 Å². The van der Waals surface area contributed by atoms with Gasteiger partial charge >= 0.3 is 0 Å². The first-order valence-corrected chi connectivity index (χ1v) is 20.6. The van der Waals surface area contributed by atoms with Crippen molar-refractivity contribution in [2.45, 2.75) is 6.92 Å². The topological polar surface area (TPSA) is 27.7 Å². The van der Waals surface area contributed by atoms with Crippen LogP contribution in [0.4, 0.5) is 0 Å². The molecule has 0 N–H and O–H groups in total. The summed E-state index contributed by atoms with van der Waals surface area (Å²) in [6.45, 7) is 6.39. The molecular formula is C56H38N4. The quantitative estimate of drug-likeness (QED) is 0.155. The minimum atomic E-state index is 0.963. The highest BCUT2D eigenvalue weighted by Crippen LogP contribution is 2.44. The monoisotopic (exact) mass is 766 g/mol. The minimum Gasteiger partial charge on any atom is -0.309 e. The molecule has 0 amide bonds. The number of aromatic nitrogens is 4. The van der Waals surface area contributed by atoms with E-state index in [-0.39, 0.29) is 0 Å². The van der Waals surface area contributed by atoms with Gasteiger partial charge in [-0.15, -0.1) is 0 Å². The Morgan fingerprint density at radius 3 is 1.55 bits per heavy atom. The van der Waals surface area contributed by atoms with Crippen LogP contribution >= 0.6 is 0 Å². The van der Waals surface area contributed by atoms with Crippen LogP contribution in [0.15, 0.2) is 195 Å². The van der Waals surface area contributed by atoms with Crippen molar-refractivity contribution in [3.8, 4) is 28.3 Å². The number of hydrogen-bond donors (Lipinski definition) is 0. The predicted octanol–water partition coefficient (Wildman–Crippen LogP) is 14.9. The van der Waals surface area contributed by atoms with E-state index in [0.29, 0.717) is 0 Å². The zero-order valence-corrected chi connectivity index (χ0v) is 33.0. The third-order valence-electron chi connectivity index (χ3n) is 12.3. The van der Waals surface area contributed by atoms with E-state index in [1.54, 1.807) is 0 Å². The molecule has 8 aromatic carbocycles. The van der Waals surface area contributed by atoms with Crippen LogP contribution in [0.1, 0.15) is 18.2 Å². The first kappa shape index (κ1) is 34.1. The fraction of sp³-hybridized carbons (Fsp3) is 0.0179. The molecule has 0 saturated carbocycles. The van der Waals surface area contributed by atoms with Crippen LogP contribution < -0.4 is 0 Å². The molecule has 0 aliphatic rings. The zero-order valence-electron chi connectivity index (χ0n) is 33.0. The van der Waals surface area contributed by atoms with Gasteiger partial charge in [0.05, 0.1) is 44.5 Å². The molecule has 0 fully saturated rings. The van der Waals surface area contributed by atoms with Gasteiger partial charge in [-0.25, -0.2) is 4.98 Å². The lowest BCUT2D eigenvalue weighted by Crippen LogP contribution is -1.99. The summed E-state index contributed by atoms with van der Waals surface area (Å²) >= 11 is 0. The molecule has 282 valence electrons. The molecule has 0 aliphatic heterocycles. The van der Waals surface area contributed by atoms with Gasteiger partial charge < -0.3 is 13.7 Å². The molecule has 12 rings (SSSR count). The highest BCUT2D eigenvalue weighted by Gasteiger charge is 2.23. The Bertz CT molecular complexity index is 3710. The van der Waals surface area contributed by atoms with Crippen molar-refractivity contribution < 1.29 is 0 Å². The molecule has 0 bridgehead atoms. The molecule has 4 aromatic heterocycles. The van der Waals surface area contributed by atoms with Gasteiger partial charge in [-0.2, -0.15) is 0 Å². The van der Waals surface area contributed by atoms with E-state index in [0.717, 1.165) is 61.4 Å². The fourth-order valence-electron chi connectivity index (χ4n) is 9.86. The highest BCUT2D eigenvalue weighted by molar-refractivity contribution is 6.26. The van der Waals surface area contributed by atoms with E-state index in [4.69, 9.17) is 4.98 Å². The maximum Gasteiger partial charge on any atom is 0.0788 e. The highest BCUT2D eigenvalue weighted by atomic mass is 15.0. The van der Waals surface area contributed by atoms with Crippen LogP contribution in [-0.2, 0) is 0 Å². The smallest absolute Gasteiger partial charge is 0.0788 e. The summed E-state index contributed by atoms with van der Waals surface area (Å²) in [5, 5.41) is 9.58. The second kappa shape index (κ2) is 13.3. The van der Waals surface area contributed by atoms with E-state index in [1.807, 2.05) is 6.08 Å². The molecule has 0 unspecified atom stereocenters. The van der Waals surface area contributed by atoms with Crippen molar-refractivity contribution in [1.82, 2.24) is 18.7 Å². The number of para-hydroxylation sites is 5. The Hall–Kier alpha value is -7.95.